The van der Waals surface area contributed by atoms with Crippen molar-refractivity contribution >= 4 is 34.5 Å². The lowest BCUT2D eigenvalue weighted by Gasteiger charge is -2.26. The van der Waals surface area contributed by atoms with Gasteiger partial charge in [-0.2, -0.15) is 0 Å². The SMILES string of the molecule is O=C(/C=C1/SC(=O)N(C[NH+]2CCCCC2)C1=O)Nc1ccccc1. The van der Waals surface area contributed by atoms with Gasteiger partial charge >= 0.3 is 0 Å². The zero-order chi connectivity index (χ0) is 16.9. The molecule has 3 amide bonds. The number of quaternary nitrogens is 1. The standard InChI is InChI=1S/C17H19N3O3S/c21-15(18-13-7-3-1-4-8-13)11-14-16(22)20(17(23)24-14)12-19-9-5-2-6-10-19/h1,3-4,7-8,11H,2,5-6,9-10,12H2,(H,18,21)/p+1/b14-11+. The van der Waals surface area contributed by atoms with Gasteiger partial charge in [-0.15, -0.1) is 0 Å². The summed E-state index contributed by atoms with van der Waals surface area (Å²) >= 11 is 0.834. The molecule has 1 aromatic rings. The third-order valence-electron chi connectivity index (χ3n) is 4.12. The molecule has 2 N–H and O–H groups in total. The Morgan fingerprint density at radius 3 is 2.58 bits per heavy atom. The van der Waals surface area contributed by atoms with Gasteiger partial charge in [0.1, 0.15) is 0 Å². The Labute approximate surface area is 144 Å². The Bertz CT molecular complexity index is 669. The van der Waals surface area contributed by atoms with Gasteiger partial charge < -0.3 is 10.2 Å². The number of carbonyl (C=O) groups excluding carboxylic acids is 3. The van der Waals surface area contributed by atoms with Crippen LogP contribution in [0.15, 0.2) is 41.3 Å². The molecule has 1 aromatic carbocycles. The smallest absolute Gasteiger partial charge is 0.298 e. The lowest BCUT2D eigenvalue weighted by molar-refractivity contribution is -0.912. The van der Waals surface area contributed by atoms with Gasteiger partial charge in [-0.25, -0.2) is 4.90 Å². The second-order valence-electron chi connectivity index (χ2n) is 5.93. The van der Waals surface area contributed by atoms with Crippen LogP contribution in [0.25, 0.3) is 0 Å². The first-order chi connectivity index (χ1) is 11.6. The Morgan fingerprint density at radius 2 is 1.88 bits per heavy atom. The van der Waals surface area contributed by atoms with Crippen LogP contribution in [0.1, 0.15) is 19.3 Å². The fraction of sp³-hybridized carbons (Fsp3) is 0.353. The Balaban J connectivity index is 1.63. The first kappa shape index (κ1) is 16.7. The maximum Gasteiger partial charge on any atom is 0.298 e. The minimum atomic E-state index is -0.406. The number of amides is 3. The summed E-state index contributed by atoms with van der Waals surface area (Å²) in [6.45, 7) is 2.35. The second kappa shape index (κ2) is 7.63. The monoisotopic (exact) mass is 346 g/mol. The summed E-state index contributed by atoms with van der Waals surface area (Å²) in [6, 6.07) is 8.99. The number of likely N-dealkylation sites (tertiary alicyclic amines) is 1. The third kappa shape index (κ3) is 4.04. The van der Waals surface area contributed by atoms with Crippen LogP contribution in [0.4, 0.5) is 10.5 Å². The number of carbonyl (C=O) groups is 3. The molecule has 2 saturated heterocycles. The minimum Gasteiger partial charge on any atom is -0.322 e. The summed E-state index contributed by atoms with van der Waals surface area (Å²) in [5.74, 6) is -0.775. The molecule has 0 atom stereocenters. The van der Waals surface area contributed by atoms with Crippen molar-refractivity contribution in [1.82, 2.24) is 4.90 Å². The van der Waals surface area contributed by atoms with Crippen LogP contribution in [0.2, 0.25) is 0 Å². The van der Waals surface area contributed by atoms with Crippen molar-refractivity contribution in [3.8, 4) is 0 Å². The van der Waals surface area contributed by atoms with Crippen LogP contribution >= 0.6 is 11.8 Å². The molecule has 0 spiro atoms. The zero-order valence-corrected chi connectivity index (χ0v) is 14.1. The Hall–Kier alpha value is -2.12. The summed E-state index contributed by atoms with van der Waals surface area (Å²) in [5.41, 5.74) is 0.649. The van der Waals surface area contributed by atoms with Crippen LogP contribution in [0, 0.1) is 0 Å². The number of benzene rings is 1. The molecule has 6 nitrogen and oxygen atoms in total. The van der Waals surface area contributed by atoms with Crippen LogP contribution in [-0.4, -0.2) is 41.7 Å². The lowest BCUT2D eigenvalue weighted by Crippen LogP contribution is -3.14. The van der Waals surface area contributed by atoms with Crippen molar-refractivity contribution < 1.29 is 19.3 Å². The summed E-state index contributed by atoms with van der Waals surface area (Å²) in [4.78, 5) is 39.2. The van der Waals surface area contributed by atoms with Crippen LogP contribution in [0.3, 0.4) is 0 Å². The number of hydrogen-bond acceptors (Lipinski definition) is 4. The number of nitrogens with zero attached hydrogens (tertiary/aromatic N) is 1. The number of rotatable bonds is 4. The zero-order valence-electron chi connectivity index (χ0n) is 13.3. The summed E-state index contributed by atoms with van der Waals surface area (Å²) in [6.07, 6.45) is 4.68. The molecule has 7 heteroatoms. The molecular weight excluding hydrogens is 326 g/mol. The molecule has 0 saturated carbocycles. The van der Waals surface area contributed by atoms with Crippen molar-refractivity contribution in [1.29, 1.82) is 0 Å². The lowest BCUT2D eigenvalue weighted by atomic mass is 10.1. The number of anilines is 1. The van der Waals surface area contributed by atoms with E-state index in [9.17, 15) is 14.4 Å². The molecule has 2 fully saturated rings. The number of nitrogens with one attached hydrogen (secondary N) is 2. The number of hydrogen-bond donors (Lipinski definition) is 2. The normalized spacial score (nSPS) is 20.7. The van der Waals surface area contributed by atoms with E-state index in [1.807, 2.05) is 18.2 Å². The first-order valence-corrected chi connectivity index (χ1v) is 8.90. The van der Waals surface area contributed by atoms with E-state index in [0.29, 0.717) is 12.4 Å². The van der Waals surface area contributed by atoms with E-state index in [1.165, 1.54) is 22.3 Å². The maximum atomic E-state index is 12.4. The van der Waals surface area contributed by atoms with Crippen molar-refractivity contribution in [2.45, 2.75) is 19.3 Å². The number of thioether (sulfide) groups is 1. The first-order valence-electron chi connectivity index (χ1n) is 8.08. The molecule has 0 radical (unpaired) electrons. The molecule has 24 heavy (non-hydrogen) atoms. The molecule has 0 aliphatic carbocycles. The molecule has 3 rings (SSSR count). The van der Waals surface area contributed by atoms with E-state index in [4.69, 9.17) is 0 Å². The van der Waals surface area contributed by atoms with Gasteiger partial charge in [0.05, 0.1) is 18.0 Å². The van der Waals surface area contributed by atoms with Gasteiger partial charge in [0.15, 0.2) is 6.67 Å². The highest BCUT2D eigenvalue weighted by Crippen LogP contribution is 2.29. The van der Waals surface area contributed by atoms with E-state index in [-0.39, 0.29) is 16.1 Å². The van der Waals surface area contributed by atoms with Crippen LogP contribution < -0.4 is 10.2 Å². The van der Waals surface area contributed by atoms with E-state index in [1.54, 1.807) is 12.1 Å². The van der Waals surface area contributed by atoms with E-state index in [0.717, 1.165) is 37.7 Å². The number of imide groups is 1. The van der Waals surface area contributed by atoms with Gasteiger partial charge in [0, 0.05) is 11.8 Å². The predicted molar refractivity (Wildman–Crippen MR) is 92.4 cm³/mol. The maximum absolute atomic E-state index is 12.4. The van der Waals surface area contributed by atoms with E-state index < -0.39 is 5.91 Å². The molecule has 0 bridgehead atoms. The quantitative estimate of drug-likeness (QED) is 0.805. The van der Waals surface area contributed by atoms with Crippen molar-refractivity contribution in [2.24, 2.45) is 0 Å². The molecule has 2 aliphatic rings. The highest BCUT2D eigenvalue weighted by molar-refractivity contribution is 8.18. The van der Waals surface area contributed by atoms with Gasteiger partial charge in [-0.1, -0.05) is 18.2 Å². The molecule has 0 unspecified atom stereocenters. The summed E-state index contributed by atoms with van der Waals surface area (Å²) in [7, 11) is 0. The van der Waals surface area contributed by atoms with Crippen molar-refractivity contribution in [2.75, 3.05) is 25.1 Å². The second-order valence-corrected chi connectivity index (χ2v) is 6.93. The van der Waals surface area contributed by atoms with Crippen molar-refractivity contribution in [3.63, 3.8) is 0 Å². The summed E-state index contributed by atoms with van der Waals surface area (Å²) in [5, 5.41) is 2.39. The molecule has 0 aromatic heterocycles. The highest BCUT2D eigenvalue weighted by atomic mass is 32.2. The van der Waals surface area contributed by atoms with Gasteiger partial charge in [-0.05, 0) is 43.2 Å². The molecular formula is C17H20N3O3S+. The third-order valence-corrected chi connectivity index (χ3v) is 5.03. The Morgan fingerprint density at radius 1 is 1.17 bits per heavy atom. The van der Waals surface area contributed by atoms with Gasteiger partial charge in [0.25, 0.3) is 11.1 Å². The average Bonchev–Trinajstić information content (AvgIpc) is 2.84. The number of piperidine rings is 1. The topological polar surface area (TPSA) is 70.9 Å². The summed E-state index contributed by atoms with van der Waals surface area (Å²) < 4.78 is 0. The van der Waals surface area contributed by atoms with E-state index >= 15 is 0 Å². The predicted octanol–water partition coefficient (Wildman–Crippen LogP) is 1.23. The molecule has 2 aliphatic heterocycles. The fourth-order valence-corrected chi connectivity index (χ4v) is 3.70. The fourth-order valence-electron chi connectivity index (χ4n) is 2.89. The van der Waals surface area contributed by atoms with Gasteiger partial charge in [-0.3, -0.25) is 14.4 Å². The average molecular weight is 346 g/mol. The molecule has 126 valence electrons. The largest absolute Gasteiger partial charge is 0.322 e. The minimum absolute atomic E-state index is 0.185. The molecule has 2 heterocycles. The van der Waals surface area contributed by atoms with E-state index in [2.05, 4.69) is 5.32 Å². The number of para-hydroxylation sites is 1. The Kier molecular flexibility index (Phi) is 5.32. The van der Waals surface area contributed by atoms with Crippen LogP contribution in [0.5, 0.6) is 0 Å². The van der Waals surface area contributed by atoms with Crippen molar-refractivity contribution in [3.05, 3.63) is 41.3 Å². The van der Waals surface area contributed by atoms with Gasteiger partial charge in [0.2, 0.25) is 5.91 Å². The highest BCUT2D eigenvalue weighted by Gasteiger charge is 2.38. The van der Waals surface area contributed by atoms with Crippen LogP contribution in [-0.2, 0) is 9.59 Å².